The molecule has 2 aromatic rings. The summed E-state index contributed by atoms with van der Waals surface area (Å²) in [6.07, 6.45) is 9.86. The van der Waals surface area contributed by atoms with Gasteiger partial charge in [-0.15, -0.1) is 0 Å². The average molecular weight is 339 g/mol. The monoisotopic (exact) mass is 339 g/mol. The Morgan fingerprint density at radius 2 is 1.96 bits per heavy atom. The van der Waals surface area contributed by atoms with E-state index in [1.54, 1.807) is 6.20 Å². The van der Waals surface area contributed by atoms with Gasteiger partial charge in [0, 0.05) is 32.3 Å². The largest absolute Gasteiger partial charge is 0.336 e. The van der Waals surface area contributed by atoms with Crippen molar-refractivity contribution >= 4 is 5.91 Å². The number of aryl methyl sites for hydroxylation is 3. The van der Waals surface area contributed by atoms with Crippen molar-refractivity contribution in [3.63, 3.8) is 0 Å². The number of fused-ring (bicyclic) bond motifs is 1. The second-order valence-electron chi connectivity index (χ2n) is 8.03. The summed E-state index contributed by atoms with van der Waals surface area (Å²) in [6, 6.07) is 0. The van der Waals surface area contributed by atoms with Crippen molar-refractivity contribution < 1.29 is 4.79 Å². The number of amides is 1. The molecule has 1 unspecified atom stereocenters. The van der Waals surface area contributed by atoms with E-state index in [9.17, 15) is 4.79 Å². The number of carbonyl (C=O) groups excluding carboxylic acids is 1. The fourth-order valence-corrected chi connectivity index (χ4v) is 4.18. The molecule has 4 rings (SSSR count). The summed E-state index contributed by atoms with van der Waals surface area (Å²) in [6.45, 7) is 5.87. The van der Waals surface area contributed by atoms with E-state index in [0.717, 1.165) is 37.2 Å². The lowest BCUT2D eigenvalue weighted by molar-refractivity contribution is 0.0771. The summed E-state index contributed by atoms with van der Waals surface area (Å²) in [4.78, 5) is 24.1. The van der Waals surface area contributed by atoms with Gasteiger partial charge in [-0.2, -0.15) is 5.10 Å². The predicted octanol–water partition coefficient (Wildman–Crippen LogP) is 2.35. The number of rotatable bonds is 2. The van der Waals surface area contributed by atoms with Crippen LogP contribution in [0.5, 0.6) is 0 Å². The first kappa shape index (κ1) is 16.2. The first-order valence-corrected chi connectivity index (χ1v) is 9.07. The third-order valence-electron chi connectivity index (χ3n) is 5.59. The first-order valence-electron chi connectivity index (χ1n) is 9.07. The van der Waals surface area contributed by atoms with Crippen LogP contribution in [0.3, 0.4) is 0 Å². The minimum atomic E-state index is 0.000314. The fourth-order valence-electron chi connectivity index (χ4n) is 4.18. The summed E-state index contributed by atoms with van der Waals surface area (Å²) in [5.41, 5.74) is 3.78. The van der Waals surface area contributed by atoms with Crippen LogP contribution in [-0.4, -0.2) is 43.6 Å². The predicted molar refractivity (Wildman–Crippen MR) is 94.3 cm³/mol. The van der Waals surface area contributed by atoms with E-state index in [0.29, 0.717) is 12.2 Å². The van der Waals surface area contributed by atoms with Crippen LogP contribution >= 0.6 is 0 Å². The maximum absolute atomic E-state index is 13.0. The van der Waals surface area contributed by atoms with Crippen LogP contribution in [0.1, 0.15) is 60.0 Å². The van der Waals surface area contributed by atoms with Crippen molar-refractivity contribution in [3.8, 4) is 0 Å². The third-order valence-corrected chi connectivity index (χ3v) is 5.59. The van der Waals surface area contributed by atoms with Crippen molar-refractivity contribution in [2.45, 2.75) is 45.4 Å². The molecule has 1 amide bonds. The highest BCUT2D eigenvalue weighted by Gasteiger charge is 2.43. The summed E-state index contributed by atoms with van der Waals surface area (Å²) in [7, 11) is 1.93. The highest BCUT2D eigenvalue weighted by molar-refractivity contribution is 5.92. The Kier molecular flexibility index (Phi) is 3.85. The Balaban J connectivity index is 1.57. The van der Waals surface area contributed by atoms with Crippen LogP contribution in [0, 0.1) is 5.41 Å². The lowest BCUT2D eigenvalue weighted by Crippen LogP contribution is -2.31. The summed E-state index contributed by atoms with van der Waals surface area (Å²) in [5.74, 6) is 0.288. The first-order chi connectivity index (χ1) is 11.9. The molecule has 0 spiro atoms. The number of hydrogen-bond acceptors (Lipinski definition) is 4. The zero-order valence-electron chi connectivity index (χ0n) is 15.2. The SMILES string of the molecule is Cn1cc(C2CN(C(=O)c3cnc4c(n3)CCCC4)CC2(C)C)cn1. The standard InChI is InChI=1S/C19H25N5O/c1-19(2)12-24(11-14(19)13-8-21-23(3)10-13)18(25)17-9-20-15-6-4-5-7-16(15)22-17/h8-10,14H,4-7,11-12H2,1-3H3. The summed E-state index contributed by atoms with van der Waals surface area (Å²) >= 11 is 0. The summed E-state index contributed by atoms with van der Waals surface area (Å²) < 4.78 is 1.82. The second kappa shape index (κ2) is 5.93. The van der Waals surface area contributed by atoms with Crippen molar-refractivity contribution in [3.05, 3.63) is 41.2 Å². The van der Waals surface area contributed by atoms with Gasteiger partial charge in [0.25, 0.3) is 5.91 Å². The van der Waals surface area contributed by atoms with Gasteiger partial charge in [0.05, 0.1) is 23.8 Å². The number of aromatic nitrogens is 4. The van der Waals surface area contributed by atoms with Gasteiger partial charge in [-0.25, -0.2) is 4.98 Å². The number of carbonyl (C=O) groups is 1. The summed E-state index contributed by atoms with van der Waals surface area (Å²) in [5, 5.41) is 4.29. The molecule has 1 atom stereocenters. The molecule has 6 heteroatoms. The Bertz CT molecular complexity index is 810. The molecule has 0 saturated carbocycles. The Hall–Kier alpha value is -2.24. The zero-order valence-corrected chi connectivity index (χ0v) is 15.2. The molecule has 1 aliphatic carbocycles. The van der Waals surface area contributed by atoms with E-state index in [4.69, 9.17) is 0 Å². The minimum absolute atomic E-state index is 0.000314. The smallest absolute Gasteiger partial charge is 0.274 e. The number of likely N-dealkylation sites (tertiary alicyclic amines) is 1. The molecular weight excluding hydrogens is 314 g/mol. The van der Waals surface area contributed by atoms with E-state index in [1.165, 1.54) is 12.0 Å². The molecule has 2 aromatic heterocycles. The highest BCUT2D eigenvalue weighted by Crippen LogP contribution is 2.42. The van der Waals surface area contributed by atoms with Crippen molar-refractivity contribution in [2.75, 3.05) is 13.1 Å². The molecule has 0 bridgehead atoms. The van der Waals surface area contributed by atoms with Gasteiger partial charge in [-0.05, 0) is 36.7 Å². The van der Waals surface area contributed by atoms with Gasteiger partial charge in [0.2, 0.25) is 0 Å². The molecule has 6 nitrogen and oxygen atoms in total. The van der Waals surface area contributed by atoms with Crippen LogP contribution in [-0.2, 0) is 19.9 Å². The van der Waals surface area contributed by atoms with Gasteiger partial charge in [0.1, 0.15) is 5.69 Å². The van der Waals surface area contributed by atoms with Crippen LogP contribution in [0.25, 0.3) is 0 Å². The van der Waals surface area contributed by atoms with E-state index in [1.807, 2.05) is 22.8 Å². The molecule has 132 valence electrons. The molecule has 0 aromatic carbocycles. The number of hydrogen-bond donors (Lipinski definition) is 0. The number of nitrogens with zero attached hydrogens (tertiary/aromatic N) is 5. The van der Waals surface area contributed by atoms with E-state index >= 15 is 0 Å². The van der Waals surface area contributed by atoms with Crippen molar-refractivity contribution in [1.82, 2.24) is 24.6 Å². The Labute approximate surface area is 148 Å². The van der Waals surface area contributed by atoms with Gasteiger partial charge >= 0.3 is 0 Å². The molecular formula is C19H25N5O. The minimum Gasteiger partial charge on any atom is -0.336 e. The third kappa shape index (κ3) is 2.94. The average Bonchev–Trinajstić information content (AvgIpc) is 3.16. The van der Waals surface area contributed by atoms with Crippen molar-refractivity contribution in [2.24, 2.45) is 12.5 Å². The highest BCUT2D eigenvalue weighted by atomic mass is 16.2. The van der Waals surface area contributed by atoms with Crippen LogP contribution < -0.4 is 0 Å². The molecule has 0 radical (unpaired) electrons. The molecule has 25 heavy (non-hydrogen) atoms. The topological polar surface area (TPSA) is 63.9 Å². The zero-order chi connectivity index (χ0) is 17.6. The Morgan fingerprint density at radius 3 is 2.68 bits per heavy atom. The fraction of sp³-hybridized carbons (Fsp3) is 0.579. The van der Waals surface area contributed by atoms with Gasteiger partial charge < -0.3 is 4.90 Å². The van der Waals surface area contributed by atoms with Crippen LogP contribution in [0.4, 0.5) is 0 Å². The molecule has 2 aliphatic rings. The molecule has 3 heterocycles. The second-order valence-corrected chi connectivity index (χ2v) is 8.03. The van der Waals surface area contributed by atoms with E-state index in [2.05, 4.69) is 35.1 Å². The van der Waals surface area contributed by atoms with Crippen LogP contribution in [0.15, 0.2) is 18.6 Å². The molecule has 1 saturated heterocycles. The van der Waals surface area contributed by atoms with Gasteiger partial charge in [0.15, 0.2) is 0 Å². The van der Waals surface area contributed by atoms with Crippen molar-refractivity contribution in [1.29, 1.82) is 0 Å². The lowest BCUT2D eigenvalue weighted by atomic mass is 9.79. The molecule has 1 fully saturated rings. The molecule has 1 aliphatic heterocycles. The van der Waals surface area contributed by atoms with Crippen LogP contribution in [0.2, 0.25) is 0 Å². The Morgan fingerprint density at radius 1 is 1.20 bits per heavy atom. The van der Waals surface area contributed by atoms with E-state index in [-0.39, 0.29) is 17.2 Å². The lowest BCUT2D eigenvalue weighted by Gasteiger charge is -2.24. The maximum Gasteiger partial charge on any atom is 0.274 e. The quantitative estimate of drug-likeness (QED) is 0.842. The maximum atomic E-state index is 13.0. The normalized spacial score (nSPS) is 22.0. The van der Waals surface area contributed by atoms with Gasteiger partial charge in [-0.1, -0.05) is 13.8 Å². The van der Waals surface area contributed by atoms with E-state index < -0.39 is 0 Å². The molecule has 0 N–H and O–H groups in total. The van der Waals surface area contributed by atoms with Gasteiger partial charge in [-0.3, -0.25) is 14.5 Å².